The van der Waals surface area contributed by atoms with Crippen molar-refractivity contribution in [3.8, 4) is 22.6 Å². The Hall–Kier alpha value is -3.32. The molecule has 0 amide bonds. The second-order valence-corrected chi connectivity index (χ2v) is 6.54. The highest BCUT2D eigenvalue weighted by atomic mass is 16.5. The normalized spacial score (nSPS) is 15.6. The Morgan fingerprint density at radius 1 is 1.10 bits per heavy atom. The van der Waals surface area contributed by atoms with E-state index in [1.54, 1.807) is 26.7 Å². The fourth-order valence-corrected chi connectivity index (χ4v) is 3.25. The summed E-state index contributed by atoms with van der Waals surface area (Å²) in [7, 11) is 3.29. The smallest absolute Gasteiger partial charge is 0.173 e. The van der Waals surface area contributed by atoms with Crippen LogP contribution in [-0.2, 0) is 9.47 Å². The van der Waals surface area contributed by atoms with Crippen molar-refractivity contribution in [2.45, 2.75) is 13.2 Å². The number of ether oxygens (including phenoxy) is 4. The number of methoxy groups -OCH3 is 2. The topological polar surface area (TPSA) is 65.9 Å². The van der Waals surface area contributed by atoms with E-state index in [0.29, 0.717) is 30.3 Å². The lowest BCUT2D eigenvalue weighted by molar-refractivity contribution is 0.146. The van der Waals surface area contributed by atoms with Gasteiger partial charge in [-0.2, -0.15) is 0 Å². The monoisotopic (exact) mass is 393 g/mol. The molecule has 1 atom stereocenters. The summed E-state index contributed by atoms with van der Waals surface area (Å²) in [5.41, 5.74) is 3.41. The Morgan fingerprint density at radius 2 is 2.00 bits per heavy atom. The molecule has 0 saturated heterocycles. The Balaban J connectivity index is 1.76. The van der Waals surface area contributed by atoms with Crippen LogP contribution in [0.15, 0.2) is 55.1 Å². The number of benzene rings is 2. The molecule has 7 heteroatoms. The van der Waals surface area contributed by atoms with Crippen LogP contribution in [0.1, 0.15) is 6.92 Å². The first kappa shape index (κ1) is 19.0. The van der Waals surface area contributed by atoms with E-state index in [-0.39, 0.29) is 6.23 Å². The second kappa shape index (κ2) is 8.36. The van der Waals surface area contributed by atoms with Crippen molar-refractivity contribution >= 4 is 16.9 Å². The molecule has 2 aromatic carbocycles. The molecule has 1 aliphatic rings. The molecule has 0 spiro atoms. The maximum absolute atomic E-state index is 5.75. The van der Waals surface area contributed by atoms with E-state index in [1.807, 2.05) is 54.4 Å². The molecule has 1 aromatic heterocycles. The fourth-order valence-electron chi connectivity index (χ4n) is 3.25. The summed E-state index contributed by atoms with van der Waals surface area (Å²) in [6, 6.07) is 11.8. The second-order valence-electron chi connectivity index (χ2n) is 6.54. The van der Waals surface area contributed by atoms with Crippen molar-refractivity contribution in [3.63, 3.8) is 0 Å². The summed E-state index contributed by atoms with van der Waals surface area (Å²) in [5.74, 6) is 2.15. The van der Waals surface area contributed by atoms with Crippen LogP contribution in [0.3, 0.4) is 0 Å². The third-order valence-electron chi connectivity index (χ3n) is 4.72. The Labute approximate surface area is 169 Å². The van der Waals surface area contributed by atoms with Crippen LogP contribution in [0.4, 0.5) is 5.82 Å². The molecule has 3 aromatic rings. The van der Waals surface area contributed by atoms with E-state index in [4.69, 9.17) is 28.9 Å². The number of hydrogen-bond donors (Lipinski definition) is 0. The maximum Gasteiger partial charge on any atom is 0.173 e. The first-order valence-corrected chi connectivity index (χ1v) is 9.37. The molecule has 0 fully saturated rings. The summed E-state index contributed by atoms with van der Waals surface area (Å²) in [5, 5.41) is 0. The van der Waals surface area contributed by atoms with Crippen molar-refractivity contribution in [1.82, 2.24) is 9.97 Å². The van der Waals surface area contributed by atoms with Gasteiger partial charge in [-0.1, -0.05) is 12.1 Å². The van der Waals surface area contributed by atoms with Gasteiger partial charge in [-0.15, -0.1) is 0 Å². The minimum Gasteiger partial charge on any atom is -0.494 e. The van der Waals surface area contributed by atoms with Crippen LogP contribution in [-0.4, -0.2) is 43.6 Å². The van der Waals surface area contributed by atoms with Gasteiger partial charge in [0.2, 0.25) is 0 Å². The van der Waals surface area contributed by atoms with Gasteiger partial charge in [-0.05, 0) is 36.8 Å². The number of aromatic nitrogens is 2. The first-order valence-electron chi connectivity index (χ1n) is 9.37. The third-order valence-corrected chi connectivity index (χ3v) is 4.72. The molecule has 1 unspecified atom stereocenters. The van der Waals surface area contributed by atoms with E-state index < -0.39 is 0 Å². The van der Waals surface area contributed by atoms with Crippen LogP contribution < -0.4 is 14.4 Å². The summed E-state index contributed by atoms with van der Waals surface area (Å²) in [6.45, 7) is 2.99. The Kier molecular flexibility index (Phi) is 5.48. The molecule has 7 nitrogen and oxygen atoms in total. The molecule has 0 radical (unpaired) electrons. The lowest BCUT2D eigenvalue weighted by Gasteiger charge is -2.20. The number of fused-ring (bicyclic) bond motifs is 1. The van der Waals surface area contributed by atoms with E-state index in [0.717, 1.165) is 22.4 Å². The zero-order valence-corrected chi connectivity index (χ0v) is 16.7. The van der Waals surface area contributed by atoms with Gasteiger partial charge in [-0.25, -0.2) is 9.97 Å². The van der Waals surface area contributed by atoms with E-state index in [1.165, 1.54) is 0 Å². The standard InChI is InChI=1S/C22H23N3O4/c1-15-25(9-10-28-15)20-14-23-21-18(7-8-19(27-3)22(21)24-20)16-5-4-6-17(13-16)29-12-11-26-2/h4-10,13-15H,11-12H2,1-3H3. The largest absolute Gasteiger partial charge is 0.494 e. The molecule has 2 heterocycles. The fraction of sp³-hybridized carbons (Fsp3) is 0.273. The highest BCUT2D eigenvalue weighted by Crippen LogP contribution is 2.35. The number of hydrogen-bond acceptors (Lipinski definition) is 7. The lowest BCUT2D eigenvalue weighted by atomic mass is 10.0. The molecular weight excluding hydrogens is 370 g/mol. The molecule has 0 aliphatic carbocycles. The van der Waals surface area contributed by atoms with Gasteiger partial charge in [-0.3, -0.25) is 4.90 Å². The summed E-state index contributed by atoms with van der Waals surface area (Å²) in [6.07, 6.45) is 5.12. The Bertz CT molecular complexity index is 1040. The van der Waals surface area contributed by atoms with Crippen molar-refractivity contribution in [3.05, 3.63) is 55.1 Å². The molecule has 150 valence electrons. The quantitative estimate of drug-likeness (QED) is 0.563. The number of anilines is 1. The third kappa shape index (κ3) is 3.82. The predicted octanol–water partition coefficient (Wildman–Crippen LogP) is 3.98. The van der Waals surface area contributed by atoms with Crippen molar-refractivity contribution in [2.75, 3.05) is 32.3 Å². The summed E-state index contributed by atoms with van der Waals surface area (Å²) < 4.78 is 21.8. The van der Waals surface area contributed by atoms with Crippen LogP contribution in [0.2, 0.25) is 0 Å². The first-order chi connectivity index (χ1) is 14.2. The van der Waals surface area contributed by atoms with Crippen LogP contribution >= 0.6 is 0 Å². The minimum absolute atomic E-state index is 0.128. The maximum atomic E-state index is 5.75. The SMILES string of the molecule is COCCOc1cccc(-c2ccc(OC)c3nc(N4C=COC4C)cnc23)c1. The lowest BCUT2D eigenvalue weighted by Crippen LogP contribution is -2.25. The Morgan fingerprint density at radius 3 is 2.76 bits per heavy atom. The number of rotatable bonds is 7. The zero-order chi connectivity index (χ0) is 20.2. The summed E-state index contributed by atoms with van der Waals surface area (Å²) in [4.78, 5) is 11.4. The molecule has 0 N–H and O–H groups in total. The van der Waals surface area contributed by atoms with Gasteiger partial charge in [0, 0.05) is 18.9 Å². The van der Waals surface area contributed by atoms with Gasteiger partial charge in [0.25, 0.3) is 0 Å². The molecule has 29 heavy (non-hydrogen) atoms. The van der Waals surface area contributed by atoms with E-state index in [2.05, 4.69) is 0 Å². The van der Waals surface area contributed by atoms with E-state index >= 15 is 0 Å². The van der Waals surface area contributed by atoms with Gasteiger partial charge >= 0.3 is 0 Å². The predicted molar refractivity (Wildman–Crippen MR) is 111 cm³/mol. The minimum atomic E-state index is -0.128. The van der Waals surface area contributed by atoms with Crippen LogP contribution in [0.25, 0.3) is 22.2 Å². The van der Waals surface area contributed by atoms with E-state index in [9.17, 15) is 0 Å². The van der Waals surface area contributed by atoms with Gasteiger partial charge in [0.05, 0.1) is 19.9 Å². The zero-order valence-electron chi connectivity index (χ0n) is 16.7. The van der Waals surface area contributed by atoms with Crippen LogP contribution in [0, 0.1) is 0 Å². The van der Waals surface area contributed by atoms with Gasteiger partial charge in [0.1, 0.15) is 35.4 Å². The van der Waals surface area contributed by atoms with Crippen molar-refractivity contribution in [1.29, 1.82) is 0 Å². The highest BCUT2D eigenvalue weighted by molar-refractivity contribution is 5.95. The summed E-state index contributed by atoms with van der Waals surface area (Å²) >= 11 is 0. The number of nitrogens with zero attached hydrogens (tertiary/aromatic N) is 3. The molecule has 0 saturated carbocycles. The van der Waals surface area contributed by atoms with Gasteiger partial charge in [0.15, 0.2) is 12.0 Å². The molecule has 4 rings (SSSR count). The van der Waals surface area contributed by atoms with Crippen molar-refractivity contribution in [2.24, 2.45) is 0 Å². The average Bonchev–Trinajstić information content (AvgIpc) is 3.19. The van der Waals surface area contributed by atoms with Crippen molar-refractivity contribution < 1.29 is 18.9 Å². The molecule has 1 aliphatic heterocycles. The highest BCUT2D eigenvalue weighted by Gasteiger charge is 2.20. The molecule has 0 bridgehead atoms. The molecular formula is C22H23N3O4. The van der Waals surface area contributed by atoms with Crippen LogP contribution in [0.5, 0.6) is 11.5 Å². The van der Waals surface area contributed by atoms with Gasteiger partial charge < -0.3 is 18.9 Å². The average molecular weight is 393 g/mol.